The summed E-state index contributed by atoms with van der Waals surface area (Å²) in [7, 11) is 4.21. The van der Waals surface area contributed by atoms with Crippen LogP contribution in [0.25, 0.3) is 0 Å². The van der Waals surface area contributed by atoms with E-state index in [0.717, 1.165) is 24.2 Å². The van der Waals surface area contributed by atoms with E-state index >= 15 is 0 Å². The van der Waals surface area contributed by atoms with Gasteiger partial charge in [0.1, 0.15) is 5.75 Å². The molecule has 0 saturated carbocycles. The highest BCUT2D eigenvalue weighted by Crippen LogP contribution is 2.37. The summed E-state index contributed by atoms with van der Waals surface area (Å²) in [6.45, 7) is 7.07. The molecule has 0 fully saturated rings. The molecule has 0 aliphatic rings. The summed E-state index contributed by atoms with van der Waals surface area (Å²) in [5.41, 5.74) is 7.67. The van der Waals surface area contributed by atoms with Gasteiger partial charge in [-0.05, 0) is 39.9 Å². The minimum atomic E-state index is -0.0553. The predicted octanol–water partition coefficient (Wildman–Crippen LogP) is 3.21. The van der Waals surface area contributed by atoms with Crippen molar-refractivity contribution in [2.24, 2.45) is 5.73 Å². The Morgan fingerprint density at radius 1 is 1.16 bits per heavy atom. The van der Waals surface area contributed by atoms with Gasteiger partial charge in [0, 0.05) is 11.1 Å². The van der Waals surface area contributed by atoms with E-state index in [1.54, 1.807) is 0 Å². The lowest BCUT2D eigenvalue weighted by molar-refractivity contribution is 0.104. The maximum absolute atomic E-state index is 6.61. The number of ether oxygens (including phenoxy) is 1. The lowest BCUT2D eigenvalue weighted by Gasteiger charge is -2.44. The van der Waals surface area contributed by atoms with Gasteiger partial charge in [0.05, 0.1) is 12.6 Å². The van der Waals surface area contributed by atoms with E-state index in [1.807, 2.05) is 25.1 Å². The highest BCUT2D eigenvalue weighted by molar-refractivity contribution is 5.37. The van der Waals surface area contributed by atoms with Crippen molar-refractivity contribution in [2.45, 2.75) is 45.2 Å². The highest BCUT2D eigenvalue weighted by Gasteiger charge is 2.37. The summed E-state index contributed by atoms with van der Waals surface area (Å²) in [6.07, 6.45) is 2.02. The zero-order valence-electron chi connectivity index (χ0n) is 12.9. The molecule has 0 aliphatic carbocycles. The molecule has 108 valence electrons. The van der Waals surface area contributed by atoms with Crippen LogP contribution < -0.4 is 10.5 Å². The van der Waals surface area contributed by atoms with Gasteiger partial charge < -0.3 is 15.4 Å². The van der Waals surface area contributed by atoms with Crippen molar-refractivity contribution in [3.8, 4) is 5.75 Å². The molecule has 2 N–H and O–H groups in total. The molecule has 0 aliphatic heterocycles. The van der Waals surface area contributed by atoms with Gasteiger partial charge in [0.25, 0.3) is 0 Å². The Morgan fingerprint density at radius 3 is 2.21 bits per heavy atom. The molecule has 3 nitrogen and oxygen atoms in total. The Hall–Kier alpha value is -1.06. The minimum Gasteiger partial charge on any atom is -0.494 e. The van der Waals surface area contributed by atoms with Gasteiger partial charge in [-0.3, -0.25) is 0 Å². The fourth-order valence-corrected chi connectivity index (χ4v) is 2.91. The third kappa shape index (κ3) is 3.10. The molecule has 0 spiro atoms. The first-order valence-corrected chi connectivity index (χ1v) is 7.18. The first-order chi connectivity index (χ1) is 9.03. The summed E-state index contributed by atoms with van der Waals surface area (Å²) in [6, 6.07) is 8.06. The van der Waals surface area contributed by atoms with Gasteiger partial charge in [0.15, 0.2) is 0 Å². The van der Waals surface area contributed by atoms with Crippen molar-refractivity contribution in [3.05, 3.63) is 29.8 Å². The zero-order valence-corrected chi connectivity index (χ0v) is 12.9. The average Bonchev–Trinajstić information content (AvgIpc) is 2.41. The number of likely N-dealkylation sites (N-methyl/N-ethyl adjacent to an activating group) is 1. The number of hydrogen-bond acceptors (Lipinski definition) is 3. The molecule has 1 aromatic carbocycles. The molecule has 1 unspecified atom stereocenters. The Labute approximate surface area is 117 Å². The van der Waals surface area contributed by atoms with Gasteiger partial charge in [-0.25, -0.2) is 0 Å². The third-order valence-corrected chi connectivity index (χ3v) is 4.25. The van der Waals surface area contributed by atoms with Crippen molar-refractivity contribution < 1.29 is 4.74 Å². The van der Waals surface area contributed by atoms with Gasteiger partial charge in [-0.1, -0.05) is 32.0 Å². The largest absolute Gasteiger partial charge is 0.494 e. The van der Waals surface area contributed by atoms with E-state index < -0.39 is 0 Å². The summed E-state index contributed by atoms with van der Waals surface area (Å²) >= 11 is 0. The molecule has 0 aromatic heterocycles. The van der Waals surface area contributed by atoms with Gasteiger partial charge in [0.2, 0.25) is 0 Å². The maximum atomic E-state index is 6.61. The number of para-hydroxylation sites is 1. The molecular weight excluding hydrogens is 236 g/mol. The van der Waals surface area contributed by atoms with Crippen LogP contribution in [-0.4, -0.2) is 31.1 Å². The second kappa shape index (κ2) is 6.92. The Bertz CT molecular complexity index is 386. The molecule has 3 heteroatoms. The minimum absolute atomic E-state index is 0.0345. The van der Waals surface area contributed by atoms with E-state index in [2.05, 4.69) is 38.9 Å². The fraction of sp³-hybridized carbons (Fsp3) is 0.625. The summed E-state index contributed by atoms with van der Waals surface area (Å²) in [5, 5.41) is 0. The smallest absolute Gasteiger partial charge is 0.124 e. The van der Waals surface area contributed by atoms with Crippen molar-refractivity contribution >= 4 is 0 Å². The van der Waals surface area contributed by atoms with Crippen molar-refractivity contribution in [1.82, 2.24) is 4.90 Å². The number of rotatable bonds is 7. The maximum Gasteiger partial charge on any atom is 0.124 e. The molecule has 0 saturated heterocycles. The second-order valence-corrected chi connectivity index (χ2v) is 5.15. The Kier molecular flexibility index (Phi) is 5.83. The number of nitrogens with two attached hydrogens (primary N) is 1. The van der Waals surface area contributed by atoms with Crippen LogP contribution in [0.3, 0.4) is 0 Å². The first-order valence-electron chi connectivity index (χ1n) is 7.18. The standard InChI is InChI=1S/C16H28N2O/c1-6-16(7-2,18(4)5)15(17)13-11-9-10-12-14(13)19-8-3/h9-12,15H,6-8,17H2,1-5H3. The third-order valence-electron chi connectivity index (χ3n) is 4.25. The molecule has 0 amide bonds. The van der Waals surface area contributed by atoms with Crippen molar-refractivity contribution in [3.63, 3.8) is 0 Å². The topological polar surface area (TPSA) is 38.5 Å². The van der Waals surface area contributed by atoms with E-state index in [-0.39, 0.29) is 11.6 Å². The van der Waals surface area contributed by atoms with E-state index in [1.165, 1.54) is 0 Å². The molecule has 19 heavy (non-hydrogen) atoms. The molecule has 1 atom stereocenters. The summed E-state index contributed by atoms with van der Waals surface area (Å²) in [5.74, 6) is 0.908. The van der Waals surface area contributed by atoms with E-state index in [4.69, 9.17) is 10.5 Å². The predicted molar refractivity (Wildman–Crippen MR) is 81.5 cm³/mol. The van der Waals surface area contributed by atoms with Gasteiger partial charge >= 0.3 is 0 Å². The Balaban J connectivity index is 3.20. The number of hydrogen-bond donors (Lipinski definition) is 1. The summed E-state index contributed by atoms with van der Waals surface area (Å²) < 4.78 is 5.72. The molecule has 1 rings (SSSR count). The molecule has 0 heterocycles. The van der Waals surface area contributed by atoms with Crippen LogP contribution in [-0.2, 0) is 0 Å². The lowest BCUT2D eigenvalue weighted by Crippen LogP contribution is -2.51. The number of nitrogens with zero attached hydrogens (tertiary/aromatic N) is 1. The van der Waals surface area contributed by atoms with Crippen LogP contribution >= 0.6 is 0 Å². The van der Waals surface area contributed by atoms with E-state index in [0.29, 0.717) is 6.61 Å². The van der Waals surface area contributed by atoms with Crippen LogP contribution in [0.4, 0.5) is 0 Å². The van der Waals surface area contributed by atoms with Crippen molar-refractivity contribution in [2.75, 3.05) is 20.7 Å². The highest BCUT2D eigenvalue weighted by atomic mass is 16.5. The van der Waals surface area contributed by atoms with Crippen LogP contribution in [0.15, 0.2) is 24.3 Å². The van der Waals surface area contributed by atoms with Crippen LogP contribution in [0.5, 0.6) is 5.75 Å². The second-order valence-electron chi connectivity index (χ2n) is 5.15. The molecular formula is C16H28N2O. The number of benzene rings is 1. The van der Waals surface area contributed by atoms with Crippen LogP contribution in [0.1, 0.15) is 45.2 Å². The van der Waals surface area contributed by atoms with Crippen LogP contribution in [0.2, 0.25) is 0 Å². The van der Waals surface area contributed by atoms with Gasteiger partial charge in [-0.15, -0.1) is 0 Å². The SMILES string of the molecule is CCOc1ccccc1C(N)C(CC)(CC)N(C)C. The quantitative estimate of drug-likeness (QED) is 0.822. The van der Waals surface area contributed by atoms with Gasteiger partial charge in [-0.2, -0.15) is 0 Å². The average molecular weight is 264 g/mol. The summed E-state index contributed by atoms with van der Waals surface area (Å²) in [4.78, 5) is 2.25. The van der Waals surface area contributed by atoms with E-state index in [9.17, 15) is 0 Å². The van der Waals surface area contributed by atoms with Crippen molar-refractivity contribution in [1.29, 1.82) is 0 Å². The Morgan fingerprint density at radius 2 is 1.74 bits per heavy atom. The zero-order chi connectivity index (χ0) is 14.5. The normalized spacial score (nSPS) is 13.6. The van der Waals surface area contributed by atoms with Crippen LogP contribution in [0, 0.1) is 0 Å². The molecule has 0 bridgehead atoms. The monoisotopic (exact) mass is 264 g/mol. The molecule has 0 radical (unpaired) electrons. The fourth-order valence-electron chi connectivity index (χ4n) is 2.91. The first kappa shape index (κ1) is 16.0. The lowest BCUT2D eigenvalue weighted by atomic mass is 9.80. The molecule has 1 aromatic rings.